The van der Waals surface area contributed by atoms with E-state index in [1.165, 1.54) is 12.1 Å². The Morgan fingerprint density at radius 2 is 1.95 bits per heavy atom. The Labute approximate surface area is 112 Å². The molecule has 1 aromatic carbocycles. The van der Waals surface area contributed by atoms with Crippen LogP contribution in [0.2, 0.25) is 0 Å². The van der Waals surface area contributed by atoms with E-state index >= 15 is 0 Å². The third-order valence-corrected chi connectivity index (χ3v) is 2.39. The van der Waals surface area contributed by atoms with Crippen molar-refractivity contribution < 1.29 is 19.4 Å². The number of hydrogen-bond acceptors (Lipinski definition) is 3. The highest BCUT2D eigenvalue weighted by Gasteiger charge is 2.14. The fourth-order valence-corrected chi connectivity index (χ4v) is 1.36. The van der Waals surface area contributed by atoms with Crippen LogP contribution in [-0.2, 0) is 9.53 Å². The first-order valence-electron chi connectivity index (χ1n) is 5.97. The van der Waals surface area contributed by atoms with Crippen molar-refractivity contribution in [2.45, 2.75) is 33.3 Å². The number of carbonyl (C=O) groups excluding carboxylic acids is 1. The lowest BCUT2D eigenvalue weighted by molar-refractivity contribution is -0.125. The van der Waals surface area contributed by atoms with E-state index in [1.807, 2.05) is 20.8 Å². The molecule has 0 heterocycles. The van der Waals surface area contributed by atoms with E-state index in [2.05, 4.69) is 5.32 Å². The van der Waals surface area contributed by atoms with Crippen molar-refractivity contribution in [3.8, 4) is 0 Å². The van der Waals surface area contributed by atoms with E-state index < -0.39 is 11.6 Å². The second-order valence-electron chi connectivity index (χ2n) is 5.28. The number of carboxylic acids is 1. The van der Waals surface area contributed by atoms with E-state index in [1.54, 1.807) is 13.0 Å². The summed E-state index contributed by atoms with van der Waals surface area (Å²) in [5.41, 5.74) is 1.03. The molecule has 0 radical (unpaired) electrons. The van der Waals surface area contributed by atoms with Crippen molar-refractivity contribution in [2.75, 3.05) is 11.9 Å². The largest absolute Gasteiger partial charge is 0.478 e. The van der Waals surface area contributed by atoms with E-state index in [0.717, 1.165) is 5.56 Å². The average molecular weight is 265 g/mol. The van der Waals surface area contributed by atoms with Crippen LogP contribution < -0.4 is 5.32 Å². The molecular formula is C14H19NO4. The van der Waals surface area contributed by atoms with Gasteiger partial charge < -0.3 is 15.2 Å². The predicted octanol–water partition coefficient (Wildman–Crippen LogP) is 2.45. The number of nitrogens with one attached hydrogen (secondary N) is 1. The minimum Gasteiger partial charge on any atom is -0.478 e. The zero-order valence-electron chi connectivity index (χ0n) is 11.6. The van der Waals surface area contributed by atoms with Crippen LogP contribution in [0.5, 0.6) is 0 Å². The van der Waals surface area contributed by atoms with Gasteiger partial charge in [-0.1, -0.05) is 6.07 Å². The molecule has 0 aliphatic rings. The number of carbonyl (C=O) groups is 2. The third-order valence-electron chi connectivity index (χ3n) is 2.39. The number of hydrogen-bond donors (Lipinski definition) is 2. The summed E-state index contributed by atoms with van der Waals surface area (Å²) in [4.78, 5) is 22.6. The SMILES string of the molecule is Cc1ccc(C(=O)O)cc1NC(=O)COC(C)(C)C. The minimum atomic E-state index is -1.03. The number of aryl methyl sites for hydroxylation is 1. The molecule has 0 atom stereocenters. The molecule has 0 aliphatic carbocycles. The van der Waals surface area contributed by atoms with Crippen LogP contribution in [0.25, 0.3) is 0 Å². The molecule has 1 rings (SSSR count). The Bertz CT molecular complexity index is 489. The molecular weight excluding hydrogens is 246 g/mol. The second-order valence-corrected chi connectivity index (χ2v) is 5.28. The highest BCUT2D eigenvalue weighted by Crippen LogP contribution is 2.17. The molecule has 0 saturated heterocycles. The van der Waals surface area contributed by atoms with Gasteiger partial charge in [-0.05, 0) is 45.4 Å². The van der Waals surface area contributed by atoms with Crippen LogP contribution in [0.15, 0.2) is 18.2 Å². The van der Waals surface area contributed by atoms with Crippen LogP contribution in [-0.4, -0.2) is 29.2 Å². The van der Waals surface area contributed by atoms with E-state index in [4.69, 9.17) is 9.84 Å². The lowest BCUT2D eigenvalue weighted by Gasteiger charge is -2.19. The standard InChI is InChI=1S/C14H19NO4/c1-9-5-6-10(13(17)18)7-11(9)15-12(16)8-19-14(2,3)4/h5-7H,8H2,1-4H3,(H,15,16)(H,17,18). The minimum absolute atomic E-state index is 0.0692. The fraction of sp³-hybridized carbons (Fsp3) is 0.429. The lowest BCUT2D eigenvalue weighted by Crippen LogP contribution is -2.27. The zero-order valence-corrected chi connectivity index (χ0v) is 11.6. The van der Waals surface area contributed by atoms with Gasteiger partial charge in [0.25, 0.3) is 0 Å². The summed E-state index contributed by atoms with van der Waals surface area (Å²) in [6.07, 6.45) is 0. The Kier molecular flexibility index (Phi) is 4.67. The Morgan fingerprint density at radius 3 is 2.47 bits per heavy atom. The highest BCUT2D eigenvalue weighted by molar-refractivity contribution is 5.95. The summed E-state index contributed by atoms with van der Waals surface area (Å²) in [5.74, 6) is -1.33. The highest BCUT2D eigenvalue weighted by atomic mass is 16.5. The smallest absolute Gasteiger partial charge is 0.335 e. The fourth-order valence-electron chi connectivity index (χ4n) is 1.36. The van der Waals surface area contributed by atoms with Crippen LogP contribution >= 0.6 is 0 Å². The Morgan fingerprint density at radius 1 is 1.32 bits per heavy atom. The molecule has 1 aromatic rings. The molecule has 19 heavy (non-hydrogen) atoms. The molecule has 0 unspecified atom stereocenters. The molecule has 5 heteroatoms. The lowest BCUT2D eigenvalue weighted by atomic mass is 10.1. The van der Waals surface area contributed by atoms with Gasteiger partial charge in [-0.3, -0.25) is 4.79 Å². The molecule has 0 spiro atoms. The molecule has 104 valence electrons. The molecule has 1 amide bonds. The first-order chi connectivity index (χ1) is 8.69. The zero-order chi connectivity index (χ0) is 14.6. The number of anilines is 1. The summed E-state index contributed by atoms with van der Waals surface area (Å²) in [6.45, 7) is 7.30. The van der Waals surface area contributed by atoms with Gasteiger partial charge in [-0.2, -0.15) is 0 Å². The first kappa shape index (κ1) is 15.2. The number of carboxylic acid groups (broad SMARTS) is 1. The van der Waals surface area contributed by atoms with Crippen LogP contribution in [0.3, 0.4) is 0 Å². The average Bonchev–Trinajstić information content (AvgIpc) is 2.28. The summed E-state index contributed by atoms with van der Waals surface area (Å²) < 4.78 is 5.35. The van der Waals surface area contributed by atoms with Gasteiger partial charge in [0, 0.05) is 5.69 Å². The normalized spacial score (nSPS) is 11.2. The first-order valence-corrected chi connectivity index (χ1v) is 5.97. The van der Waals surface area contributed by atoms with Gasteiger partial charge >= 0.3 is 5.97 Å². The molecule has 5 nitrogen and oxygen atoms in total. The molecule has 0 aromatic heterocycles. The number of benzene rings is 1. The summed E-state index contributed by atoms with van der Waals surface area (Å²) >= 11 is 0. The van der Waals surface area contributed by atoms with Crippen molar-refractivity contribution in [1.29, 1.82) is 0 Å². The van der Waals surface area contributed by atoms with E-state index in [-0.39, 0.29) is 18.1 Å². The molecule has 0 saturated carbocycles. The summed E-state index contributed by atoms with van der Waals surface area (Å²) in [5, 5.41) is 11.6. The van der Waals surface area contributed by atoms with Gasteiger partial charge in [0.2, 0.25) is 5.91 Å². The quantitative estimate of drug-likeness (QED) is 0.876. The van der Waals surface area contributed by atoms with Crippen molar-refractivity contribution in [2.24, 2.45) is 0 Å². The Balaban J connectivity index is 2.73. The van der Waals surface area contributed by atoms with Gasteiger partial charge in [0.15, 0.2) is 0 Å². The van der Waals surface area contributed by atoms with Crippen LogP contribution in [0.1, 0.15) is 36.7 Å². The monoisotopic (exact) mass is 265 g/mol. The molecule has 2 N–H and O–H groups in total. The van der Waals surface area contributed by atoms with Crippen molar-refractivity contribution in [3.05, 3.63) is 29.3 Å². The molecule has 0 fully saturated rings. The van der Waals surface area contributed by atoms with Gasteiger partial charge in [0.05, 0.1) is 11.2 Å². The maximum Gasteiger partial charge on any atom is 0.335 e. The molecule has 0 bridgehead atoms. The second kappa shape index (κ2) is 5.84. The summed E-state index contributed by atoms with van der Waals surface area (Å²) in [7, 11) is 0. The maximum absolute atomic E-state index is 11.7. The van der Waals surface area contributed by atoms with Crippen molar-refractivity contribution in [3.63, 3.8) is 0 Å². The summed E-state index contributed by atoms with van der Waals surface area (Å²) in [6, 6.07) is 4.59. The maximum atomic E-state index is 11.7. The number of aromatic carboxylic acids is 1. The number of rotatable bonds is 4. The molecule has 0 aliphatic heterocycles. The third kappa shape index (κ3) is 5.09. The Hall–Kier alpha value is -1.88. The van der Waals surface area contributed by atoms with Gasteiger partial charge in [-0.15, -0.1) is 0 Å². The predicted molar refractivity (Wildman–Crippen MR) is 72.5 cm³/mol. The van der Waals surface area contributed by atoms with Crippen LogP contribution in [0.4, 0.5) is 5.69 Å². The van der Waals surface area contributed by atoms with Crippen molar-refractivity contribution >= 4 is 17.6 Å². The van der Waals surface area contributed by atoms with E-state index in [0.29, 0.717) is 5.69 Å². The van der Waals surface area contributed by atoms with Crippen molar-refractivity contribution in [1.82, 2.24) is 0 Å². The van der Waals surface area contributed by atoms with Crippen LogP contribution in [0, 0.1) is 6.92 Å². The van der Waals surface area contributed by atoms with E-state index in [9.17, 15) is 9.59 Å². The van der Waals surface area contributed by atoms with Gasteiger partial charge in [0.1, 0.15) is 6.61 Å². The topological polar surface area (TPSA) is 75.6 Å². The number of amides is 1. The number of ether oxygens (including phenoxy) is 1. The van der Waals surface area contributed by atoms with Gasteiger partial charge in [-0.25, -0.2) is 4.79 Å².